The van der Waals surface area contributed by atoms with Crippen molar-refractivity contribution in [2.75, 3.05) is 23.4 Å². The summed E-state index contributed by atoms with van der Waals surface area (Å²) in [5.41, 5.74) is 4.81. The van der Waals surface area contributed by atoms with Crippen LogP contribution in [0.25, 0.3) is 0 Å². The van der Waals surface area contributed by atoms with E-state index in [0.29, 0.717) is 30.7 Å². The molecular weight excluding hydrogens is 484 g/mol. The number of thioether (sulfide) groups is 1. The molecule has 3 unspecified atom stereocenters. The van der Waals surface area contributed by atoms with E-state index < -0.39 is 12.2 Å². The molecule has 1 fully saturated rings. The van der Waals surface area contributed by atoms with Crippen LogP contribution >= 0.6 is 11.8 Å². The fraction of sp³-hybridized carbons (Fsp3) is 0.462. The highest BCUT2D eigenvalue weighted by Gasteiger charge is 2.32. The van der Waals surface area contributed by atoms with Gasteiger partial charge in [-0.3, -0.25) is 14.8 Å². The van der Waals surface area contributed by atoms with Crippen molar-refractivity contribution < 1.29 is 34.5 Å². The summed E-state index contributed by atoms with van der Waals surface area (Å²) in [7, 11) is 0. The highest BCUT2D eigenvalue weighted by molar-refractivity contribution is 7.99. The summed E-state index contributed by atoms with van der Waals surface area (Å²) in [5.74, 6) is 0.720. The summed E-state index contributed by atoms with van der Waals surface area (Å²) in [6.45, 7) is 0.0915. The van der Waals surface area contributed by atoms with Gasteiger partial charge in [0, 0.05) is 42.0 Å². The summed E-state index contributed by atoms with van der Waals surface area (Å²) in [6.07, 6.45) is 1.19. The fourth-order valence-corrected chi connectivity index (χ4v) is 4.69. The first kappa shape index (κ1) is 28.1. The molecule has 1 aliphatic heterocycles. The van der Waals surface area contributed by atoms with E-state index in [-0.39, 0.29) is 44.2 Å². The molecule has 1 heterocycles. The monoisotopic (exact) mass is 518 g/mol. The van der Waals surface area contributed by atoms with Gasteiger partial charge in [0.25, 0.3) is 0 Å². The van der Waals surface area contributed by atoms with E-state index in [9.17, 15) is 14.7 Å². The number of nitrogens with one attached hydrogen (secondary N) is 2. The number of anilines is 1. The van der Waals surface area contributed by atoms with Crippen LogP contribution in [0.3, 0.4) is 0 Å². The van der Waals surface area contributed by atoms with Gasteiger partial charge in [-0.15, -0.1) is 0 Å². The van der Waals surface area contributed by atoms with E-state index in [1.54, 1.807) is 23.3 Å². The highest BCUT2D eigenvalue weighted by atomic mass is 32.2. The van der Waals surface area contributed by atoms with Gasteiger partial charge in [-0.25, -0.2) is 5.48 Å². The molecule has 196 valence electrons. The van der Waals surface area contributed by atoms with Crippen LogP contribution in [0, 0.1) is 0 Å². The highest BCUT2D eigenvalue weighted by Crippen LogP contribution is 2.39. The van der Waals surface area contributed by atoms with E-state index in [1.165, 1.54) is 0 Å². The van der Waals surface area contributed by atoms with Crippen molar-refractivity contribution in [3.05, 3.63) is 65.2 Å². The molecule has 36 heavy (non-hydrogen) atoms. The Labute approximate surface area is 215 Å². The van der Waals surface area contributed by atoms with Crippen LogP contribution in [-0.2, 0) is 25.7 Å². The van der Waals surface area contributed by atoms with E-state index in [0.717, 1.165) is 22.4 Å². The summed E-state index contributed by atoms with van der Waals surface area (Å²) >= 11 is 1.62. The number of rotatable bonds is 13. The zero-order valence-corrected chi connectivity index (χ0v) is 20.9. The predicted octanol–water partition coefficient (Wildman–Crippen LogP) is 3.45. The number of benzene rings is 2. The summed E-state index contributed by atoms with van der Waals surface area (Å²) in [5, 5.41) is 29.9. The molecule has 1 aliphatic rings. The number of ether oxygens (including phenoxy) is 2. The van der Waals surface area contributed by atoms with Crippen molar-refractivity contribution in [3.63, 3.8) is 0 Å². The Kier molecular flexibility index (Phi) is 11.7. The minimum absolute atomic E-state index is 0.0194. The fourth-order valence-electron chi connectivity index (χ4n) is 3.92. The standard InChI is InChI=1S/C26H34N2O7S/c29-12-13-36-17-22-15-23(19-10-8-18(16-30)9-11-19)35-26(34-22)20-4-3-5-21(14-20)27-24(31)6-1-2-7-25(32)28-33/h3-5,8-11,14,22-23,26,29-30,33H,1-2,6-7,12-13,15-17H2,(H,27,31)(H,28,32). The third-order valence-corrected chi connectivity index (χ3v) is 6.86. The Hall–Kier alpha value is -2.47. The Morgan fingerprint density at radius 2 is 1.72 bits per heavy atom. The topological polar surface area (TPSA) is 137 Å². The molecule has 0 bridgehead atoms. The minimum Gasteiger partial charge on any atom is -0.396 e. The van der Waals surface area contributed by atoms with Crippen LogP contribution in [0.2, 0.25) is 0 Å². The van der Waals surface area contributed by atoms with Crippen LogP contribution in [0.15, 0.2) is 48.5 Å². The van der Waals surface area contributed by atoms with E-state index >= 15 is 0 Å². The van der Waals surface area contributed by atoms with Crippen molar-refractivity contribution in [1.82, 2.24) is 5.48 Å². The average Bonchev–Trinajstić information content (AvgIpc) is 2.91. The smallest absolute Gasteiger partial charge is 0.243 e. The quantitative estimate of drug-likeness (QED) is 0.154. The van der Waals surface area contributed by atoms with Gasteiger partial charge in [-0.1, -0.05) is 36.4 Å². The molecule has 1 saturated heterocycles. The largest absolute Gasteiger partial charge is 0.396 e. The summed E-state index contributed by atoms with van der Waals surface area (Å²) < 4.78 is 12.6. The predicted molar refractivity (Wildman–Crippen MR) is 136 cm³/mol. The molecule has 0 spiro atoms. The van der Waals surface area contributed by atoms with Crippen LogP contribution in [0.4, 0.5) is 5.69 Å². The molecule has 10 heteroatoms. The number of carbonyl (C=O) groups excluding carboxylic acids is 2. The van der Waals surface area contributed by atoms with Crippen LogP contribution < -0.4 is 10.8 Å². The van der Waals surface area contributed by atoms with Crippen LogP contribution in [0.5, 0.6) is 0 Å². The number of hydrogen-bond acceptors (Lipinski definition) is 8. The average molecular weight is 519 g/mol. The van der Waals surface area contributed by atoms with Crippen LogP contribution in [-0.4, -0.2) is 51.5 Å². The third kappa shape index (κ3) is 8.88. The van der Waals surface area contributed by atoms with Gasteiger partial charge in [0.2, 0.25) is 11.8 Å². The van der Waals surface area contributed by atoms with E-state index in [4.69, 9.17) is 19.8 Å². The number of aliphatic hydroxyl groups is 2. The first-order chi connectivity index (χ1) is 17.5. The van der Waals surface area contributed by atoms with Gasteiger partial charge in [0.05, 0.1) is 25.4 Å². The minimum atomic E-state index is -0.630. The van der Waals surface area contributed by atoms with Gasteiger partial charge < -0.3 is 25.0 Å². The second kappa shape index (κ2) is 14.9. The maximum Gasteiger partial charge on any atom is 0.243 e. The third-order valence-electron chi connectivity index (χ3n) is 5.78. The molecule has 3 atom stereocenters. The first-order valence-electron chi connectivity index (χ1n) is 12.0. The lowest BCUT2D eigenvalue weighted by atomic mass is 10.0. The van der Waals surface area contributed by atoms with Crippen molar-refractivity contribution in [3.8, 4) is 0 Å². The van der Waals surface area contributed by atoms with Crippen molar-refractivity contribution >= 4 is 29.3 Å². The normalized spacial score (nSPS) is 19.6. The molecule has 2 amide bonds. The van der Waals surface area contributed by atoms with Gasteiger partial charge in [-0.05, 0) is 36.1 Å². The maximum atomic E-state index is 12.3. The molecule has 0 aliphatic carbocycles. The van der Waals surface area contributed by atoms with Crippen LogP contribution in [0.1, 0.15) is 61.2 Å². The number of unbranched alkanes of at least 4 members (excludes halogenated alkanes) is 1. The molecule has 2 aromatic carbocycles. The number of amides is 2. The van der Waals surface area contributed by atoms with E-state index in [2.05, 4.69) is 5.32 Å². The molecule has 0 aromatic heterocycles. The molecule has 0 radical (unpaired) electrons. The van der Waals surface area contributed by atoms with Crippen molar-refractivity contribution in [1.29, 1.82) is 0 Å². The lowest BCUT2D eigenvalue weighted by molar-refractivity contribution is -0.245. The summed E-state index contributed by atoms with van der Waals surface area (Å²) in [6, 6.07) is 15.0. The maximum absolute atomic E-state index is 12.3. The molecule has 3 rings (SSSR count). The van der Waals surface area contributed by atoms with Gasteiger partial charge in [-0.2, -0.15) is 11.8 Å². The lowest BCUT2D eigenvalue weighted by Gasteiger charge is -2.36. The Balaban J connectivity index is 1.65. The first-order valence-corrected chi connectivity index (χ1v) is 13.2. The van der Waals surface area contributed by atoms with Crippen molar-refractivity contribution in [2.24, 2.45) is 0 Å². The summed E-state index contributed by atoms with van der Waals surface area (Å²) in [4.78, 5) is 23.4. The lowest BCUT2D eigenvalue weighted by Crippen LogP contribution is -2.31. The number of hydrogen-bond donors (Lipinski definition) is 5. The second-order valence-electron chi connectivity index (χ2n) is 8.56. The Bertz CT molecular complexity index is 973. The molecule has 5 N–H and O–H groups in total. The Morgan fingerprint density at radius 3 is 2.42 bits per heavy atom. The van der Waals surface area contributed by atoms with Gasteiger partial charge in [0.1, 0.15) is 0 Å². The van der Waals surface area contributed by atoms with E-state index in [1.807, 2.05) is 42.5 Å². The van der Waals surface area contributed by atoms with Crippen molar-refractivity contribution in [2.45, 2.75) is 57.2 Å². The molecule has 9 nitrogen and oxygen atoms in total. The second-order valence-corrected chi connectivity index (χ2v) is 9.71. The number of carbonyl (C=O) groups is 2. The molecule has 2 aromatic rings. The Morgan fingerprint density at radius 1 is 0.972 bits per heavy atom. The zero-order valence-electron chi connectivity index (χ0n) is 20.1. The van der Waals surface area contributed by atoms with Gasteiger partial charge in [0.15, 0.2) is 6.29 Å². The number of aliphatic hydroxyl groups excluding tert-OH is 2. The number of hydroxylamine groups is 1. The zero-order chi connectivity index (χ0) is 25.8. The SMILES string of the molecule is O=C(CCCCC(=O)Nc1cccc(C2OC(CSCCO)CC(c3ccc(CO)cc3)O2)c1)NO. The molecule has 0 saturated carbocycles. The van der Waals surface area contributed by atoms with Gasteiger partial charge >= 0.3 is 0 Å². The molecular formula is C26H34N2O7S.